The summed E-state index contributed by atoms with van der Waals surface area (Å²) in [4.78, 5) is 10.5. The van der Waals surface area contributed by atoms with Crippen molar-refractivity contribution in [3.05, 3.63) is 0 Å². The van der Waals surface area contributed by atoms with E-state index in [4.69, 9.17) is 4.52 Å². The number of nitrogens with zero attached hydrogens (tertiary/aromatic N) is 1. The molecule has 0 N–H and O–H groups in total. The molecule has 5 unspecified atom stereocenters. The molecule has 0 aliphatic carbocycles. The zero-order valence-corrected chi connectivity index (χ0v) is 9.96. The SMILES string of the molecule is CC(C(C=O)OPP)N(C)P. The van der Waals surface area contributed by atoms with Gasteiger partial charge in [-0.2, -0.15) is 0 Å². The molecule has 0 heterocycles. The number of hydrogen-bond donors (Lipinski definition) is 0. The van der Waals surface area contributed by atoms with Gasteiger partial charge in [0.05, 0.1) is 0 Å². The average molecular weight is 213 g/mol. The summed E-state index contributed by atoms with van der Waals surface area (Å²) in [6.07, 6.45) is 0.510. The zero-order valence-electron chi connectivity index (χ0n) is 6.65. The van der Waals surface area contributed by atoms with E-state index in [0.29, 0.717) is 0 Å². The van der Waals surface area contributed by atoms with Crippen molar-refractivity contribution in [2.75, 3.05) is 7.05 Å². The fourth-order valence-corrected chi connectivity index (χ4v) is 1.60. The number of hydrogen-bond acceptors (Lipinski definition) is 3. The maximum absolute atomic E-state index is 10.5. The first-order valence-corrected chi connectivity index (χ1v) is 6.41. The first kappa shape index (κ1) is 11.9. The first-order chi connectivity index (χ1) is 5.13. The van der Waals surface area contributed by atoms with Crippen molar-refractivity contribution in [1.82, 2.24) is 4.67 Å². The second-order valence-corrected chi connectivity index (χ2v) is 4.24. The lowest BCUT2D eigenvalue weighted by Crippen LogP contribution is -2.34. The molecule has 66 valence electrons. The minimum atomic E-state index is -0.326. The van der Waals surface area contributed by atoms with E-state index in [1.54, 1.807) is 0 Å². The molecule has 11 heavy (non-hydrogen) atoms. The largest absolute Gasteiger partial charge is 0.346 e. The van der Waals surface area contributed by atoms with Crippen molar-refractivity contribution in [2.45, 2.75) is 19.1 Å². The average Bonchev–Trinajstić information content (AvgIpc) is 1.98. The van der Waals surface area contributed by atoms with Crippen LogP contribution in [0.4, 0.5) is 0 Å². The van der Waals surface area contributed by atoms with Crippen LogP contribution in [0, 0.1) is 0 Å². The fourth-order valence-electron chi connectivity index (χ4n) is 0.550. The Kier molecular flexibility index (Phi) is 6.91. The molecule has 3 nitrogen and oxygen atoms in total. The highest BCUT2D eigenvalue weighted by Crippen LogP contribution is 2.25. The second kappa shape index (κ2) is 6.40. The first-order valence-electron chi connectivity index (χ1n) is 3.17. The van der Waals surface area contributed by atoms with E-state index in [-0.39, 0.29) is 20.6 Å². The van der Waals surface area contributed by atoms with Gasteiger partial charge in [-0.1, -0.05) is 18.3 Å². The number of likely N-dealkylation sites (N-methyl/N-ethyl adjacent to an activating group) is 1. The highest BCUT2D eigenvalue weighted by Gasteiger charge is 2.18. The van der Waals surface area contributed by atoms with E-state index in [9.17, 15) is 4.79 Å². The Labute approximate surface area is 73.8 Å². The molecule has 0 saturated carbocycles. The molecule has 0 bridgehead atoms. The van der Waals surface area contributed by atoms with E-state index in [0.717, 1.165) is 6.29 Å². The third kappa shape index (κ3) is 4.45. The summed E-state index contributed by atoms with van der Waals surface area (Å²) in [5, 5.41) is 0. The molecule has 0 aliphatic rings. The quantitative estimate of drug-likeness (QED) is 0.505. The molecule has 0 radical (unpaired) electrons. The van der Waals surface area contributed by atoms with Gasteiger partial charge in [0.1, 0.15) is 6.10 Å². The van der Waals surface area contributed by atoms with Gasteiger partial charge < -0.3 is 9.32 Å². The molecule has 0 aromatic rings. The highest BCUT2D eigenvalue weighted by atomic mass is 32.0. The lowest BCUT2D eigenvalue weighted by Gasteiger charge is -2.24. The number of carbonyl (C=O) groups is 1. The van der Waals surface area contributed by atoms with Crippen molar-refractivity contribution in [3.63, 3.8) is 0 Å². The molecular formula is C5H14NO2P3. The Morgan fingerprint density at radius 3 is 2.55 bits per heavy atom. The Morgan fingerprint density at radius 1 is 1.73 bits per heavy atom. The van der Waals surface area contributed by atoms with E-state index in [2.05, 4.69) is 18.3 Å². The van der Waals surface area contributed by atoms with Gasteiger partial charge in [-0.05, 0) is 14.0 Å². The van der Waals surface area contributed by atoms with E-state index >= 15 is 0 Å². The molecule has 5 atom stereocenters. The third-order valence-electron chi connectivity index (χ3n) is 1.46. The third-order valence-corrected chi connectivity index (χ3v) is 2.74. The summed E-state index contributed by atoms with van der Waals surface area (Å²) in [5.74, 6) is 0. The van der Waals surface area contributed by atoms with Gasteiger partial charge in [0.15, 0.2) is 6.29 Å². The van der Waals surface area contributed by atoms with Crippen molar-refractivity contribution in [3.8, 4) is 0 Å². The highest BCUT2D eigenvalue weighted by molar-refractivity contribution is 8.00. The molecule has 0 aromatic heterocycles. The minimum absolute atomic E-state index is 0.102. The monoisotopic (exact) mass is 213 g/mol. The zero-order chi connectivity index (χ0) is 8.85. The van der Waals surface area contributed by atoms with Crippen LogP contribution < -0.4 is 0 Å². The fraction of sp³-hybridized carbons (Fsp3) is 0.800. The van der Waals surface area contributed by atoms with E-state index in [1.807, 2.05) is 18.6 Å². The van der Waals surface area contributed by atoms with Gasteiger partial charge in [-0.15, -0.1) is 0 Å². The van der Waals surface area contributed by atoms with Crippen LogP contribution in [0.1, 0.15) is 6.92 Å². The standard InChI is InChI=1S/C5H14NO2P3/c1-4(6(2)9)5(3-7)8-11-10/h3-5,11H,9-10H2,1-2H3. The van der Waals surface area contributed by atoms with Gasteiger partial charge >= 0.3 is 0 Å². The van der Waals surface area contributed by atoms with Crippen LogP contribution >= 0.6 is 26.8 Å². The van der Waals surface area contributed by atoms with Gasteiger partial charge in [-0.25, -0.2) is 0 Å². The van der Waals surface area contributed by atoms with Gasteiger partial charge in [-0.3, -0.25) is 4.67 Å². The van der Waals surface area contributed by atoms with Crippen molar-refractivity contribution in [1.29, 1.82) is 0 Å². The summed E-state index contributed by atoms with van der Waals surface area (Å²) < 4.78 is 7.06. The van der Waals surface area contributed by atoms with Gasteiger partial charge in [0.2, 0.25) is 0 Å². The van der Waals surface area contributed by atoms with Crippen LogP contribution in [-0.4, -0.2) is 30.2 Å². The molecule has 0 aliphatic heterocycles. The summed E-state index contributed by atoms with van der Waals surface area (Å²) in [7, 11) is 7.13. The molecule has 0 fully saturated rings. The Hall–Kier alpha value is 0.880. The van der Waals surface area contributed by atoms with Crippen molar-refractivity contribution in [2.24, 2.45) is 0 Å². The minimum Gasteiger partial charge on any atom is -0.346 e. The normalized spacial score (nSPS) is 17.5. The Bertz CT molecular complexity index is 122. The smallest absolute Gasteiger partial charge is 0.150 e. The lowest BCUT2D eigenvalue weighted by molar-refractivity contribution is -0.114. The summed E-state index contributed by atoms with van der Waals surface area (Å²) in [6.45, 7) is 1.94. The second-order valence-electron chi connectivity index (χ2n) is 2.24. The number of rotatable bonds is 5. The molecule has 6 heteroatoms. The van der Waals surface area contributed by atoms with Crippen LogP contribution in [-0.2, 0) is 9.32 Å². The molecule has 0 aromatic carbocycles. The number of aldehydes is 1. The van der Waals surface area contributed by atoms with Crippen LogP contribution in [0.3, 0.4) is 0 Å². The van der Waals surface area contributed by atoms with Crippen LogP contribution in [0.25, 0.3) is 0 Å². The Balaban J connectivity index is 3.90. The topological polar surface area (TPSA) is 29.5 Å². The van der Waals surface area contributed by atoms with Gasteiger partial charge in [0.25, 0.3) is 0 Å². The van der Waals surface area contributed by atoms with Gasteiger partial charge in [0, 0.05) is 14.5 Å². The molecule has 0 spiro atoms. The van der Waals surface area contributed by atoms with Crippen LogP contribution in [0.5, 0.6) is 0 Å². The van der Waals surface area contributed by atoms with Crippen LogP contribution in [0.15, 0.2) is 0 Å². The predicted octanol–water partition coefficient (Wildman–Crippen LogP) is 1.06. The maximum Gasteiger partial charge on any atom is 0.150 e. The summed E-state index contributed by atoms with van der Waals surface area (Å²) in [6, 6.07) is 0.102. The van der Waals surface area contributed by atoms with E-state index < -0.39 is 0 Å². The predicted molar refractivity (Wildman–Crippen MR) is 55.9 cm³/mol. The Morgan fingerprint density at radius 2 is 2.27 bits per heavy atom. The molecule has 0 amide bonds. The molecule has 0 saturated heterocycles. The van der Waals surface area contributed by atoms with Crippen LogP contribution in [0.2, 0.25) is 0 Å². The number of carbonyl (C=O) groups excluding carboxylic acids is 1. The summed E-state index contributed by atoms with van der Waals surface area (Å²) in [5.41, 5.74) is 0. The lowest BCUT2D eigenvalue weighted by atomic mass is 10.2. The van der Waals surface area contributed by atoms with E-state index in [1.165, 1.54) is 0 Å². The van der Waals surface area contributed by atoms with Crippen molar-refractivity contribution < 1.29 is 9.32 Å². The van der Waals surface area contributed by atoms with Crippen molar-refractivity contribution >= 4 is 33.1 Å². The molecular weight excluding hydrogens is 199 g/mol. The summed E-state index contributed by atoms with van der Waals surface area (Å²) >= 11 is 0. The molecule has 0 rings (SSSR count). The maximum atomic E-state index is 10.5.